The van der Waals surface area contributed by atoms with E-state index in [4.69, 9.17) is 22.6 Å². The minimum Gasteiger partial charge on any atom is -0.481 e. The molecule has 0 saturated carbocycles. The van der Waals surface area contributed by atoms with Crippen LogP contribution in [0.4, 0.5) is 0 Å². The second kappa shape index (κ2) is 7.93. The first-order valence-corrected chi connectivity index (χ1v) is 7.13. The second-order valence-corrected chi connectivity index (χ2v) is 6.29. The predicted octanol–water partition coefficient (Wildman–Crippen LogP) is 3.67. The van der Waals surface area contributed by atoms with E-state index in [1.165, 1.54) is 11.8 Å². The fraction of sp³-hybridized carbons (Fsp3) is 0.357. The van der Waals surface area contributed by atoms with Crippen LogP contribution in [0.1, 0.15) is 25.3 Å². The zero-order valence-electron chi connectivity index (χ0n) is 10.6. The molecule has 0 bridgehead atoms. The molecule has 1 aromatic carbocycles. The van der Waals surface area contributed by atoms with Crippen LogP contribution in [-0.4, -0.2) is 15.3 Å². The quantitative estimate of drug-likeness (QED) is 0.640. The lowest BCUT2D eigenvalue weighted by Crippen LogP contribution is -2.06. The van der Waals surface area contributed by atoms with Crippen LogP contribution in [-0.2, 0) is 11.2 Å². The van der Waals surface area contributed by atoms with Crippen LogP contribution in [0.25, 0.3) is 0 Å². The highest BCUT2D eigenvalue weighted by atomic mass is 32.2. The highest BCUT2D eigenvalue weighted by Gasteiger charge is 2.13. The Kier molecular flexibility index (Phi) is 6.54. The van der Waals surface area contributed by atoms with Crippen molar-refractivity contribution in [3.8, 4) is 6.07 Å². The van der Waals surface area contributed by atoms with Gasteiger partial charge in [0.1, 0.15) is 0 Å². The Balaban J connectivity index is 2.76. The first-order valence-electron chi connectivity index (χ1n) is 5.90. The molecule has 0 radical (unpaired) electrons. The van der Waals surface area contributed by atoms with E-state index in [9.17, 15) is 4.79 Å². The number of nitriles is 1. The number of benzene rings is 1. The fourth-order valence-corrected chi connectivity index (χ4v) is 2.71. The number of carboxylic acids is 1. The van der Waals surface area contributed by atoms with Crippen molar-refractivity contribution in [1.82, 2.24) is 0 Å². The average Bonchev–Trinajstić information content (AvgIpc) is 2.35. The second-order valence-electron chi connectivity index (χ2n) is 4.16. The summed E-state index contributed by atoms with van der Waals surface area (Å²) in [7, 11) is 0. The number of thioether (sulfide) groups is 1. The molecule has 1 atom stereocenters. The number of carboxylic acid groups (broad SMARTS) is 1. The van der Waals surface area contributed by atoms with Crippen LogP contribution in [0.3, 0.4) is 0 Å². The summed E-state index contributed by atoms with van der Waals surface area (Å²) in [6.07, 6.45) is 0.969. The first-order chi connectivity index (χ1) is 9.02. The van der Waals surface area contributed by atoms with E-state index in [1.807, 2.05) is 31.2 Å². The highest BCUT2D eigenvalue weighted by Crippen LogP contribution is 2.26. The molecular weight excluding hydrogens is 278 g/mol. The standard InChI is InChI=1S/C14H15NO2S2/c1-10(18)19-13-5-3-2-4-12(13)8-11(9-15)6-7-14(16)17/h2-5,11H,6-8H2,1H3,(H,16,17). The molecule has 0 aliphatic heterocycles. The monoisotopic (exact) mass is 293 g/mol. The van der Waals surface area contributed by atoms with Gasteiger partial charge in [0, 0.05) is 15.5 Å². The summed E-state index contributed by atoms with van der Waals surface area (Å²) in [4.78, 5) is 11.6. The van der Waals surface area contributed by atoms with Gasteiger partial charge in [0.25, 0.3) is 0 Å². The van der Waals surface area contributed by atoms with Crippen LogP contribution < -0.4 is 0 Å². The van der Waals surface area contributed by atoms with Crippen LogP contribution in [0, 0.1) is 17.2 Å². The van der Waals surface area contributed by atoms with Crippen molar-refractivity contribution in [3.05, 3.63) is 29.8 Å². The first kappa shape index (κ1) is 15.7. The molecule has 0 fully saturated rings. The molecule has 1 aromatic rings. The van der Waals surface area contributed by atoms with Gasteiger partial charge in [-0.3, -0.25) is 4.79 Å². The summed E-state index contributed by atoms with van der Waals surface area (Å²) in [6, 6.07) is 9.97. The molecule has 0 spiro atoms. The van der Waals surface area contributed by atoms with E-state index in [-0.39, 0.29) is 12.3 Å². The largest absolute Gasteiger partial charge is 0.481 e. The minimum atomic E-state index is -0.863. The summed E-state index contributed by atoms with van der Waals surface area (Å²) >= 11 is 6.59. The number of rotatable bonds is 6. The lowest BCUT2D eigenvalue weighted by Gasteiger charge is -2.11. The molecule has 0 aliphatic rings. The summed E-state index contributed by atoms with van der Waals surface area (Å²) in [5, 5.41) is 17.8. The molecule has 0 heterocycles. The molecule has 100 valence electrons. The zero-order valence-corrected chi connectivity index (χ0v) is 12.3. The summed E-state index contributed by atoms with van der Waals surface area (Å²) in [6.45, 7) is 1.86. The molecule has 5 heteroatoms. The van der Waals surface area contributed by atoms with Crippen molar-refractivity contribution in [3.63, 3.8) is 0 Å². The van der Waals surface area contributed by atoms with Crippen LogP contribution >= 0.6 is 24.0 Å². The molecule has 1 unspecified atom stereocenters. The van der Waals surface area contributed by atoms with Gasteiger partial charge in [-0.05, 0) is 31.4 Å². The maximum absolute atomic E-state index is 10.6. The van der Waals surface area contributed by atoms with Gasteiger partial charge in [0.2, 0.25) is 0 Å². The van der Waals surface area contributed by atoms with Gasteiger partial charge in [-0.1, -0.05) is 42.2 Å². The van der Waals surface area contributed by atoms with Crippen molar-refractivity contribution in [2.75, 3.05) is 0 Å². The van der Waals surface area contributed by atoms with E-state index in [2.05, 4.69) is 6.07 Å². The summed E-state index contributed by atoms with van der Waals surface area (Å²) in [5.41, 5.74) is 1.05. The minimum absolute atomic E-state index is 0.0275. The third-order valence-electron chi connectivity index (χ3n) is 2.58. The Labute approximate surface area is 122 Å². The van der Waals surface area contributed by atoms with E-state index in [0.717, 1.165) is 14.7 Å². The molecule has 0 aliphatic carbocycles. The lowest BCUT2D eigenvalue weighted by atomic mass is 9.96. The van der Waals surface area contributed by atoms with Crippen molar-refractivity contribution in [2.45, 2.75) is 31.1 Å². The van der Waals surface area contributed by atoms with Crippen LogP contribution in [0.2, 0.25) is 0 Å². The summed E-state index contributed by atoms with van der Waals surface area (Å²) < 4.78 is 0.825. The Hall–Kier alpha value is -1.38. The van der Waals surface area contributed by atoms with Crippen molar-refractivity contribution in [2.24, 2.45) is 5.92 Å². The Morgan fingerprint density at radius 2 is 2.21 bits per heavy atom. The molecule has 0 saturated heterocycles. The molecule has 19 heavy (non-hydrogen) atoms. The maximum Gasteiger partial charge on any atom is 0.303 e. The van der Waals surface area contributed by atoms with E-state index < -0.39 is 5.97 Å². The van der Waals surface area contributed by atoms with Gasteiger partial charge in [-0.25, -0.2) is 0 Å². The molecule has 0 amide bonds. The summed E-state index contributed by atoms with van der Waals surface area (Å²) in [5.74, 6) is -1.14. The van der Waals surface area contributed by atoms with Crippen molar-refractivity contribution in [1.29, 1.82) is 5.26 Å². The van der Waals surface area contributed by atoms with E-state index >= 15 is 0 Å². The van der Waals surface area contributed by atoms with Gasteiger partial charge in [0.05, 0.1) is 12.0 Å². The van der Waals surface area contributed by atoms with Crippen LogP contribution in [0.5, 0.6) is 0 Å². The number of thiocarbonyl (C=S) groups is 1. The fourth-order valence-electron chi connectivity index (χ4n) is 1.70. The maximum atomic E-state index is 10.6. The zero-order chi connectivity index (χ0) is 14.3. The lowest BCUT2D eigenvalue weighted by molar-refractivity contribution is -0.137. The Morgan fingerprint density at radius 1 is 1.53 bits per heavy atom. The Morgan fingerprint density at radius 3 is 2.79 bits per heavy atom. The molecule has 1 N–H and O–H groups in total. The number of carbonyl (C=O) groups is 1. The van der Waals surface area contributed by atoms with E-state index in [1.54, 1.807) is 0 Å². The van der Waals surface area contributed by atoms with Gasteiger partial charge in [-0.2, -0.15) is 5.26 Å². The van der Waals surface area contributed by atoms with Crippen LogP contribution in [0.15, 0.2) is 29.2 Å². The number of hydrogen-bond donors (Lipinski definition) is 1. The number of nitrogens with zero attached hydrogens (tertiary/aromatic N) is 1. The smallest absolute Gasteiger partial charge is 0.303 e. The Bertz CT molecular complexity index is 508. The van der Waals surface area contributed by atoms with Gasteiger partial charge < -0.3 is 5.11 Å². The molecular formula is C14H15NO2S2. The van der Waals surface area contributed by atoms with Gasteiger partial charge in [0.15, 0.2) is 0 Å². The van der Waals surface area contributed by atoms with E-state index in [0.29, 0.717) is 12.8 Å². The topological polar surface area (TPSA) is 61.1 Å². The van der Waals surface area contributed by atoms with Crippen molar-refractivity contribution >= 4 is 34.1 Å². The third-order valence-corrected chi connectivity index (χ3v) is 3.74. The number of hydrogen-bond acceptors (Lipinski definition) is 4. The molecule has 0 aromatic heterocycles. The predicted molar refractivity (Wildman–Crippen MR) is 80.2 cm³/mol. The van der Waals surface area contributed by atoms with Gasteiger partial charge >= 0.3 is 5.97 Å². The number of aliphatic carboxylic acids is 1. The van der Waals surface area contributed by atoms with Crippen molar-refractivity contribution < 1.29 is 9.90 Å². The van der Waals surface area contributed by atoms with Gasteiger partial charge in [-0.15, -0.1) is 0 Å². The SMILES string of the molecule is CC(=S)Sc1ccccc1CC(C#N)CCC(=O)O. The molecule has 3 nitrogen and oxygen atoms in total. The molecule has 1 rings (SSSR count). The highest BCUT2D eigenvalue weighted by molar-refractivity contribution is 8.23. The normalized spacial score (nSPS) is 11.6. The third kappa shape index (κ3) is 5.86. The average molecular weight is 293 g/mol.